The summed E-state index contributed by atoms with van der Waals surface area (Å²) >= 11 is 0. The lowest BCUT2D eigenvalue weighted by atomic mass is 9.80. The molecule has 2 heteroatoms. The fraction of sp³-hybridized carbons (Fsp3) is 0.500. The second-order valence-electron chi connectivity index (χ2n) is 4.62. The van der Waals surface area contributed by atoms with Crippen molar-refractivity contribution in [3.63, 3.8) is 0 Å². The summed E-state index contributed by atoms with van der Waals surface area (Å²) < 4.78 is 0. The monoisotopic (exact) mass is 217 g/mol. The molecule has 1 saturated carbocycles. The van der Waals surface area contributed by atoms with Gasteiger partial charge in [-0.1, -0.05) is 43.5 Å². The van der Waals surface area contributed by atoms with Gasteiger partial charge in [-0.15, -0.1) is 0 Å². The second-order valence-corrected chi connectivity index (χ2v) is 4.62. The van der Waals surface area contributed by atoms with Crippen LogP contribution < -0.4 is 5.73 Å². The number of rotatable bonds is 5. The first-order valence-corrected chi connectivity index (χ1v) is 6.12. The molecule has 1 fully saturated rings. The number of hydrogen-bond acceptors (Lipinski definition) is 2. The number of benzene rings is 1. The molecule has 0 aliphatic heterocycles. The van der Waals surface area contributed by atoms with Crippen molar-refractivity contribution in [1.82, 2.24) is 0 Å². The summed E-state index contributed by atoms with van der Waals surface area (Å²) in [5, 5.41) is 0. The van der Waals surface area contributed by atoms with E-state index >= 15 is 0 Å². The van der Waals surface area contributed by atoms with Crippen LogP contribution in [-0.2, 0) is 6.42 Å². The van der Waals surface area contributed by atoms with Crippen LogP contribution in [0.2, 0.25) is 0 Å². The van der Waals surface area contributed by atoms with Crippen molar-refractivity contribution in [2.24, 2.45) is 11.7 Å². The molecule has 0 heterocycles. The van der Waals surface area contributed by atoms with Crippen LogP contribution in [0.15, 0.2) is 24.3 Å². The summed E-state index contributed by atoms with van der Waals surface area (Å²) in [7, 11) is 0. The standard InChI is InChI=1S/C14H19NO/c15-9-8-12-6-1-2-7-13(12)14(16)10-11-4-3-5-11/h1-2,6-7,11H,3-5,8-10,15H2. The third kappa shape index (κ3) is 2.50. The topological polar surface area (TPSA) is 43.1 Å². The molecule has 1 aliphatic rings. The number of ketones is 1. The van der Waals surface area contributed by atoms with E-state index in [0.717, 1.165) is 24.0 Å². The van der Waals surface area contributed by atoms with Crippen LogP contribution in [0.4, 0.5) is 0 Å². The van der Waals surface area contributed by atoms with Gasteiger partial charge in [0.2, 0.25) is 0 Å². The van der Waals surface area contributed by atoms with Crippen LogP contribution in [0.25, 0.3) is 0 Å². The molecule has 2 rings (SSSR count). The zero-order chi connectivity index (χ0) is 11.4. The van der Waals surface area contributed by atoms with Crippen LogP contribution in [-0.4, -0.2) is 12.3 Å². The normalized spacial score (nSPS) is 15.8. The van der Waals surface area contributed by atoms with Gasteiger partial charge >= 0.3 is 0 Å². The van der Waals surface area contributed by atoms with Gasteiger partial charge in [-0.3, -0.25) is 4.79 Å². The van der Waals surface area contributed by atoms with Crippen LogP contribution in [0.1, 0.15) is 41.6 Å². The molecule has 0 aromatic heterocycles. The van der Waals surface area contributed by atoms with E-state index in [0.29, 0.717) is 18.2 Å². The number of Topliss-reactive ketones (excluding diaryl/α,β-unsaturated/α-hetero) is 1. The summed E-state index contributed by atoms with van der Waals surface area (Å²) in [6, 6.07) is 7.87. The molecule has 1 aromatic rings. The van der Waals surface area contributed by atoms with Crippen LogP contribution >= 0.6 is 0 Å². The highest BCUT2D eigenvalue weighted by molar-refractivity contribution is 5.97. The molecule has 0 saturated heterocycles. The van der Waals surface area contributed by atoms with E-state index in [1.54, 1.807) is 0 Å². The van der Waals surface area contributed by atoms with Gasteiger partial charge in [0.15, 0.2) is 5.78 Å². The SMILES string of the molecule is NCCc1ccccc1C(=O)CC1CCC1. The molecule has 1 aromatic carbocycles. The zero-order valence-corrected chi connectivity index (χ0v) is 9.61. The highest BCUT2D eigenvalue weighted by Gasteiger charge is 2.22. The maximum Gasteiger partial charge on any atom is 0.163 e. The number of nitrogens with two attached hydrogens (primary N) is 1. The fourth-order valence-electron chi connectivity index (χ4n) is 2.23. The lowest BCUT2D eigenvalue weighted by Crippen LogP contribution is -2.17. The summed E-state index contributed by atoms with van der Waals surface area (Å²) in [6.07, 6.45) is 5.27. The first-order chi connectivity index (χ1) is 7.81. The number of carbonyl (C=O) groups excluding carboxylic acids is 1. The van der Waals surface area contributed by atoms with Crippen LogP contribution in [0.3, 0.4) is 0 Å². The van der Waals surface area contributed by atoms with Crippen LogP contribution in [0, 0.1) is 5.92 Å². The second kappa shape index (κ2) is 5.26. The number of carbonyl (C=O) groups is 1. The van der Waals surface area contributed by atoms with Gasteiger partial charge in [0, 0.05) is 12.0 Å². The fourth-order valence-corrected chi connectivity index (χ4v) is 2.23. The molecule has 0 amide bonds. The van der Waals surface area contributed by atoms with Crippen molar-refractivity contribution in [2.45, 2.75) is 32.1 Å². The lowest BCUT2D eigenvalue weighted by molar-refractivity contribution is 0.0935. The predicted molar refractivity (Wildman–Crippen MR) is 65.5 cm³/mol. The summed E-state index contributed by atoms with van der Waals surface area (Å²) in [6.45, 7) is 0.605. The highest BCUT2D eigenvalue weighted by atomic mass is 16.1. The molecule has 16 heavy (non-hydrogen) atoms. The van der Waals surface area contributed by atoms with E-state index in [4.69, 9.17) is 5.73 Å². The molecule has 0 atom stereocenters. The van der Waals surface area contributed by atoms with Crippen molar-refractivity contribution in [2.75, 3.05) is 6.54 Å². The van der Waals surface area contributed by atoms with Gasteiger partial charge in [0.25, 0.3) is 0 Å². The van der Waals surface area contributed by atoms with Gasteiger partial charge in [-0.25, -0.2) is 0 Å². The quantitative estimate of drug-likeness (QED) is 0.770. The van der Waals surface area contributed by atoms with Gasteiger partial charge in [-0.2, -0.15) is 0 Å². The Balaban J connectivity index is 2.08. The molecule has 0 spiro atoms. The van der Waals surface area contributed by atoms with Crippen molar-refractivity contribution in [1.29, 1.82) is 0 Å². The van der Waals surface area contributed by atoms with Gasteiger partial charge in [-0.05, 0) is 24.4 Å². The number of hydrogen-bond donors (Lipinski definition) is 1. The molecule has 2 N–H and O–H groups in total. The smallest absolute Gasteiger partial charge is 0.163 e. The lowest BCUT2D eigenvalue weighted by Gasteiger charge is -2.24. The van der Waals surface area contributed by atoms with Gasteiger partial charge in [0.1, 0.15) is 0 Å². The van der Waals surface area contributed by atoms with E-state index in [9.17, 15) is 4.79 Å². The van der Waals surface area contributed by atoms with Gasteiger partial charge < -0.3 is 5.73 Å². The van der Waals surface area contributed by atoms with Crippen molar-refractivity contribution >= 4 is 5.78 Å². The Bertz CT molecular complexity index is 369. The van der Waals surface area contributed by atoms with Gasteiger partial charge in [0.05, 0.1) is 0 Å². The average molecular weight is 217 g/mol. The first-order valence-electron chi connectivity index (χ1n) is 6.12. The minimum Gasteiger partial charge on any atom is -0.330 e. The molecule has 86 valence electrons. The van der Waals surface area contributed by atoms with E-state index in [2.05, 4.69) is 0 Å². The summed E-state index contributed by atoms with van der Waals surface area (Å²) in [5.41, 5.74) is 7.55. The molecule has 0 radical (unpaired) electrons. The van der Waals surface area contributed by atoms with E-state index in [1.807, 2.05) is 24.3 Å². The largest absolute Gasteiger partial charge is 0.330 e. The first kappa shape index (κ1) is 11.3. The highest BCUT2D eigenvalue weighted by Crippen LogP contribution is 2.30. The van der Waals surface area contributed by atoms with Crippen molar-refractivity contribution in [3.8, 4) is 0 Å². The summed E-state index contributed by atoms with van der Waals surface area (Å²) in [5.74, 6) is 0.937. The average Bonchev–Trinajstić information content (AvgIpc) is 2.24. The van der Waals surface area contributed by atoms with E-state index in [1.165, 1.54) is 19.3 Å². The van der Waals surface area contributed by atoms with Crippen LogP contribution in [0.5, 0.6) is 0 Å². The maximum atomic E-state index is 12.1. The Hall–Kier alpha value is -1.15. The zero-order valence-electron chi connectivity index (χ0n) is 9.61. The third-order valence-corrected chi connectivity index (χ3v) is 3.43. The van der Waals surface area contributed by atoms with E-state index < -0.39 is 0 Å². The predicted octanol–water partition coefficient (Wildman–Crippen LogP) is 2.56. The van der Waals surface area contributed by atoms with Crippen molar-refractivity contribution in [3.05, 3.63) is 35.4 Å². The Morgan fingerprint density at radius 1 is 1.31 bits per heavy atom. The summed E-state index contributed by atoms with van der Waals surface area (Å²) in [4.78, 5) is 12.1. The Labute approximate surface area is 96.8 Å². The minimum absolute atomic E-state index is 0.300. The van der Waals surface area contributed by atoms with E-state index in [-0.39, 0.29) is 0 Å². The minimum atomic E-state index is 0.300. The Morgan fingerprint density at radius 2 is 2.06 bits per heavy atom. The molecule has 0 unspecified atom stereocenters. The van der Waals surface area contributed by atoms with Crippen molar-refractivity contribution < 1.29 is 4.79 Å². The molecular formula is C14H19NO. The Morgan fingerprint density at radius 3 is 2.69 bits per heavy atom. The molecular weight excluding hydrogens is 198 g/mol. The molecule has 2 nitrogen and oxygen atoms in total. The maximum absolute atomic E-state index is 12.1. The Kier molecular flexibility index (Phi) is 3.73. The third-order valence-electron chi connectivity index (χ3n) is 3.43. The molecule has 0 bridgehead atoms. The molecule has 1 aliphatic carbocycles.